The maximum Gasteiger partial charge on any atom is 0.0914 e. The molecule has 106 valence electrons. The van der Waals surface area contributed by atoms with Crippen LogP contribution in [0.1, 0.15) is 62.2 Å². The van der Waals surface area contributed by atoms with Gasteiger partial charge >= 0.3 is 0 Å². The molecule has 0 radical (unpaired) electrons. The van der Waals surface area contributed by atoms with Gasteiger partial charge in [-0.25, -0.2) is 0 Å². The predicted octanol–water partition coefficient (Wildman–Crippen LogP) is 3.73. The molecule has 19 heavy (non-hydrogen) atoms. The third-order valence-electron chi connectivity index (χ3n) is 4.17. The van der Waals surface area contributed by atoms with Gasteiger partial charge in [0.25, 0.3) is 0 Å². The summed E-state index contributed by atoms with van der Waals surface area (Å²) in [6, 6.07) is 8.78. The minimum atomic E-state index is -0.383. The number of aryl methyl sites for hydroxylation is 1. The molecule has 0 spiro atoms. The average molecular weight is 261 g/mol. The van der Waals surface area contributed by atoms with Crippen molar-refractivity contribution >= 4 is 0 Å². The summed E-state index contributed by atoms with van der Waals surface area (Å²) in [4.78, 5) is 0. The first-order valence-corrected chi connectivity index (χ1v) is 7.74. The Hall–Kier alpha value is -0.860. The van der Waals surface area contributed by atoms with Crippen LogP contribution in [0.2, 0.25) is 0 Å². The summed E-state index contributed by atoms with van der Waals surface area (Å²) in [7, 11) is 0. The molecule has 2 heteroatoms. The summed E-state index contributed by atoms with van der Waals surface area (Å²) < 4.78 is 0. The van der Waals surface area contributed by atoms with Crippen LogP contribution in [0.5, 0.6) is 0 Å². The first kappa shape index (κ1) is 14.5. The molecular weight excluding hydrogens is 234 g/mol. The Balaban J connectivity index is 1.78. The molecule has 1 fully saturated rings. The fraction of sp³-hybridized carbons (Fsp3) is 0.647. The van der Waals surface area contributed by atoms with Gasteiger partial charge in [-0.05, 0) is 25.3 Å². The van der Waals surface area contributed by atoms with E-state index in [0.717, 1.165) is 5.56 Å². The lowest BCUT2D eigenvalue weighted by atomic mass is 9.96. The van der Waals surface area contributed by atoms with Crippen molar-refractivity contribution in [2.75, 3.05) is 6.54 Å². The molecule has 1 aromatic rings. The van der Waals surface area contributed by atoms with Crippen LogP contribution in [0.25, 0.3) is 0 Å². The normalized spacial score (nSPS) is 19.7. The Labute approximate surface area is 117 Å². The summed E-state index contributed by atoms with van der Waals surface area (Å²) in [6.07, 6.45) is 8.96. The van der Waals surface area contributed by atoms with E-state index in [4.69, 9.17) is 0 Å². The lowest BCUT2D eigenvalue weighted by Crippen LogP contribution is -2.33. The second kappa shape index (κ2) is 7.66. The average Bonchev–Trinajstić information content (AvgIpc) is 2.38. The summed E-state index contributed by atoms with van der Waals surface area (Å²) in [5, 5.41) is 13.8. The van der Waals surface area contributed by atoms with Gasteiger partial charge in [0.05, 0.1) is 6.10 Å². The summed E-state index contributed by atoms with van der Waals surface area (Å²) in [5.74, 6) is 0. The van der Waals surface area contributed by atoms with Crippen molar-refractivity contribution in [2.45, 2.75) is 64.0 Å². The monoisotopic (exact) mass is 261 g/mol. The highest BCUT2D eigenvalue weighted by Gasteiger charge is 2.13. The number of hydrogen-bond acceptors (Lipinski definition) is 2. The van der Waals surface area contributed by atoms with Crippen LogP contribution in [0.15, 0.2) is 24.3 Å². The first-order valence-electron chi connectivity index (χ1n) is 7.74. The van der Waals surface area contributed by atoms with Gasteiger partial charge in [-0.2, -0.15) is 0 Å². The van der Waals surface area contributed by atoms with E-state index in [9.17, 15) is 5.11 Å². The lowest BCUT2D eigenvalue weighted by molar-refractivity contribution is 0.167. The van der Waals surface area contributed by atoms with E-state index in [1.165, 1.54) is 50.5 Å². The topological polar surface area (TPSA) is 32.3 Å². The number of nitrogens with one attached hydrogen (secondary N) is 1. The minimum Gasteiger partial charge on any atom is -0.387 e. The van der Waals surface area contributed by atoms with Crippen molar-refractivity contribution < 1.29 is 5.11 Å². The Kier molecular flexibility index (Phi) is 5.87. The maximum absolute atomic E-state index is 10.2. The van der Waals surface area contributed by atoms with Crippen molar-refractivity contribution in [1.82, 2.24) is 5.32 Å². The molecule has 2 N–H and O–H groups in total. The Morgan fingerprint density at radius 1 is 1.05 bits per heavy atom. The van der Waals surface area contributed by atoms with Crippen molar-refractivity contribution in [2.24, 2.45) is 0 Å². The van der Waals surface area contributed by atoms with Gasteiger partial charge in [-0.15, -0.1) is 0 Å². The zero-order valence-electron chi connectivity index (χ0n) is 12.1. The molecule has 0 saturated heterocycles. The second-order valence-electron chi connectivity index (χ2n) is 5.88. The summed E-state index contributed by atoms with van der Waals surface area (Å²) in [6.45, 7) is 2.75. The lowest BCUT2D eigenvalue weighted by Gasteiger charge is -2.23. The fourth-order valence-corrected chi connectivity index (χ4v) is 2.85. The quantitative estimate of drug-likeness (QED) is 0.865. The van der Waals surface area contributed by atoms with E-state index in [0.29, 0.717) is 12.6 Å². The highest BCUT2D eigenvalue weighted by atomic mass is 16.3. The Morgan fingerprint density at radius 3 is 2.26 bits per heavy atom. The fourth-order valence-electron chi connectivity index (χ4n) is 2.85. The first-order chi connectivity index (χ1) is 9.25. The number of benzene rings is 1. The SMILES string of the molecule is Cc1ccc(C(O)CNC2CCCCCCC2)cc1. The molecule has 0 amide bonds. The molecule has 2 nitrogen and oxygen atoms in total. The number of rotatable bonds is 4. The zero-order valence-corrected chi connectivity index (χ0v) is 12.1. The molecule has 1 aliphatic rings. The van der Waals surface area contributed by atoms with Crippen molar-refractivity contribution in [1.29, 1.82) is 0 Å². The smallest absolute Gasteiger partial charge is 0.0914 e. The Bertz CT molecular complexity index is 352. The highest BCUT2D eigenvalue weighted by Crippen LogP contribution is 2.18. The third-order valence-corrected chi connectivity index (χ3v) is 4.17. The third kappa shape index (κ3) is 4.96. The molecule has 0 aliphatic heterocycles. The van der Waals surface area contributed by atoms with Crippen LogP contribution >= 0.6 is 0 Å². The van der Waals surface area contributed by atoms with E-state index >= 15 is 0 Å². The number of hydrogen-bond donors (Lipinski definition) is 2. The van der Waals surface area contributed by atoms with E-state index in [1.54, 1.807) is 0 Å². The molecule has 1 saturated carbocycles. The van der Waals surface area contributed by atoms with Crippen LogP contribution in [0, 0.1) is 6.92 Å². The molecule has 2 rings (SSSR count). The van der Waals surface area contributed by atoms with E-state index < -0.39 is 0 Å². The van der Waals surface area contributed by atoms with Gasteiger partial charge in [0.2, 0.25) is 0 Å². The molecule has 0 bridgehead atoms. The van der Waals surface area contributed by atoms with Crippen LogP contribution in [0.3, 0.4) is 0 Å². The second-order valence-corrected chi connectivity index (χ2v) is 5.88. The van der Waals surface area contributed by atoms with Gasteiger partial charge in [-0.3, -0.25) is 0 Å². The standard InChI is InChI=1S/C17H27NO/c1-14-9-11-15(12-10-14)17(19)13-18-16-7-5-3-2-4-6-8-16/h9-12,16-19H,2-8,13H2,1H3. The van der Waals surface area contributed by atoms with Crippen molar-refractivity contribution in [3.8, 4) is 0 Å². The zero-order chi connectivity index (χ0) is 13.5. The molecule has 1 unspecified atom stereocenters. The maximum atomic E-state index is 10.2. The molecule has 1 aromatic carbocycles. The van der Waals surface area contributed by atoms with Crippen molar-refractivity contribution in [3.05, 3.63) is 35.4 Å². The Morgan fingerprint density at radius 2 is 1.63 bits per heavy atom. The van der Waals surface area contributed by atoms with Gasteiger partial charge < -0.3 is 10.4 Å². The molecule has 0 heterocycles. The van der Waals surface area contributed by atoms with Gasteiger partial charge in [0.1, 0.15) is 0 Å². The minimum absolute atomic E-state index is 0.383. The molecule has 1 aliphatic carbocycles. The van der Waals surface area contributed by atoms with E-state index in [1.807, 2.05) is 12.1 Å². The van der Waals surface area contributed by atoms with Crippen LogP contribution in [-0.4, -0.2) is 17.7 Å². The van der Waals surface area contributed by atoms with E-state index in [2.05, 4.69) is 24.4 Å². The summed E-state index contributed by atoms with van der Waals surface area (Å²) >= 11 is 0. The number of aliphatic hydroxyl groups excluding tert-OH is 1. The van der Waals surface area contributed by atoms with Gasteiger partial charge in [-0.1, -0.05) is 61.9 Å². The van der Waals surface area contributed by atoms with Gasteiger partial charge in [0, 0.05) is 12.6 Å². The van der Waals surface area contributed by atoms with Crippen molar-refractivity contribution in [3.63, 3.8) is 0 Å². The number of aliphatic hydroxyl groups is 1. The molecule has 0 aromatic heterocycles. The van der Waals surface area contributed by atoms with Crippen LogP contribution in [0.4, 0.5) is 0 Å². The molecule has 1 atom stereocenters. The van der Waals surface area contributed by atoms with Crippen LogP contribution in [-0.2, 0) is 0 Å². The summed E-state index contributed by atoms with van der Waals surface area (Å²) in [5.41, 5.74) is 2.26. The highest BCUT2D eigenvalue weighted by molar-refractivity contribution is 5.23. The molecular formula is C17H27NO. The predicted molar refractivity (Wildman–Crippen MR) is 80.2 cm³/mol. The van der Waals surface area contributed by atoms with Crippen LogP contribution < -0.4 is 5.32 Å². The van der Waals surface area contributed by atoms with E-state index in [-0.39, 0.29) is 6.10 Å². The van der Waals surface area contributed by atoms with Gasteiger partial charge in [0.15, 0.2) is 0 Å². The largest absolute Gasteiger partial charge is 0.387 e.